The summed E-state index contributed by atoms with van der Waals surface area (Å²) >= 11 is 1.69. The largest absolute Gasteiger partial charge is 0.330 e. The summed E-state index contributed by atoms with van der Waals surface area (Å²) in [5, 5.41) is 3.23. The van der Waals surface area contributed by atoms with Crippen LogP contribution in [0.2, 0.25) is 0 Å². The normalized spacial score (nSPS) is 10.5. The van der Waals surface area contributed by atoms with Gasteiger partial charge >= 0.3 is 0 Å². The van der Waals surface area contributed by atoms with E-state index in [-0.39, 0.29) is 0 Å². The first-order valence-corrected chi connectivity index (χ1v) is 5.89. The number of hydrogen-bond acceptors (Lipinski definition) is 3. The van der Waals surface area contributed by atoms with E-state index in [1.807, 2.05) is 12.1 Å². The zero-order valence-electron chi connectivity index (χ0n) is 8.73. The zero-order valence-corrected chi connectivity index (χ0v) is 9.55. The third-order valence-electron chi connectivity index (χ3n) is 2.33. The highest BCUT2D eigenvalue weighted by molar-refractivity contribution is 7.09. The lowest BCUT2D eigenvalue weighted by Crippen LogP contribution is -2.02. The number of benzene rings is 1. The third kappa shape index (κ3) is 2.25. The van der Waals surface area contributed by atoms with Gasteiger partial charge in [0, 0.05) is 17.4 Å². The lowest BCUT2D eigenvalue weighted by Gasteiger charge is -2.00. The van der Waals surface area contributed by atoms with Crippen molar-refractivity contribution in [1.29, 1.82) is 0 Å². The smallest absolute Gasteiger partial charge is 0.0945 e. The molecule has 15 heavy (non-hydrogen) atoms. The fourth-order valence-electron chi connectivity index (χ4n) is 1.53. The van der Waals surface area contributed by atoms with Gasteiger partial charge in [0.15, 0.2) is 0 Å². The molecule has 1 aromatic carbocycles. The molecule has 0 unspecified atom stereocenters. The number of nitrogens with two attached hydrogens (primary N) is 1. The summed E-state index contributed by atoms with van der Waals surface area (Å²) in [5.74, 6) is 0. The average molecular weight is 218 g/mol. The molecule has 1 heterocycles. The standard InChI is InChI=1S/C12H14N2S/c1-9-4-2-3-5-10(9)11-8-15-12(14-11)6-7-13/h2-5,8H,6-7,13H2,1H3. The van der Waals surface area contributed by atoms with Gasteiger partial charge in [-0.1, -0.05) is 24.3 Å². The van der Waals surface area contributed by atoms with E-state index in [1.165, 1.54) is 11.1 Å². The molecule has 0 fully saturated rings. The minimum atomic E-state index is 0.667. The number of aromatic nitrogens is 1. The minimum absolute atomic E-state index is 0.667. The van der Waals surface area contributed by atoms with Crippen LogP contribution in [-0.2, 0) is 6.42 Å². The second-order valence-electron chi connectivity index (χ2n) is 3.48. The van der Waals surface area contributed by atoms with Crippen molar-refractivity contribution in [3.63, 3.8) is 0 Å². The van der Waals surface area contributed by atoms with Crippen LogP contribution in [0, 0.1) is 6.92 Å². The maximum Gasteiger partial charge on any atom is 0.0945 e. The van der Waals surface area contributed by atoms with Crippen LogP contribution in [0.4, 0.5) is 0 Å². The van der Waals surface area contributed by atoms with E-state index in [0.29, 0.717) is 6.54 Å². The summed E-state index contributed by atoms with van der Waals surface area (Å²) in [7, 11) is 0. The topological polar surface area (TPSA) is 38.9 Å². The Balaban J connectivity index is 2.33. The lowest BCUT2D eigenvalue weighted by molar-refractivity contribution is 0.954. The molecule has 3 heteroatoms. The van der Waals surface area contributed by atoms with Crippen molar-refractivity contribution in [2.75, 3.05) is 6.54 Å². The van der Waals surface area contributed by atoms with E-state index < -0.39 is 0 Å². The van der Waals surface area contributed by atoms with Crippen molar-refractivity contribution in [3.8, 4) is 11.3 Å². The molecule has 78 valence electrons. The van der Waals surface area contributed by atoms with Crippen LogP contribution >= 0.6 is 11.3 Å². The van der Waals surface area contributed by atoms with Crippen LogP contribution in [-0.4, -0.2) is 11.5 Å². The van der Waals surface area contributed by atoms with Gasteiger partial charge in [-0.3, -0.25) is 0 Å². The molecule has 0 aliphatic carbocycles. The van der Waals surface area contributed by atoms with Crippen LogP contribution < -0.4 is 5.73 Å². The van der Waals surface area contributed by atoms with E-state index in [0.717, 1.165) is 17.1 Å². The Bertz CT molecular complexity index is 448. The molecule has 1 aromatic heterocycles. The van der Waals surface area contributed by atoms with Gasteiger partial charge in [-0.05, 0) is 19.0 Å². The Labute approximate surface area is 93.8 Å². The first kappa shape index (κ1) is 10.3. The fourth-order valence-corrected chi connectivity index (χ4v) is 2.35. The van der Waals surface area contributed by atoms with Crippen molar-refractivity contribution in [2.45, 2.75) is 13.3 Å². The van der Waals surface area contributed by atoms with E-state index >= 15 is 0 Å². The Kier molecular flexibility index (Phi) is 3.14. The molecule has 2 aromatic rings. The first-order chi connectivity index (χ1) is 7.31. The molecule has 0 saturated heterocycles. The predicted octanol–water partition coefficient (Wildman–Crippen LogP) is 2.62. The summed E-state index contributed by atoms with van der Waals surface area (Å²) in [6, 6.07) is 8.31. The van der Waals surface area contributed by atoms with Crippen molar-refractivity contribution in [1.82, 2.24) is 4.98 Å². The van der Waals surface area contributed by atoms with Crippen LogP contribution in [0.1, 0.15) is 10.6 Å². The highest BCUT2D eigenvalue weighted by Gasteiger charge is 2.05. The van der Waals surface area contributed by atoms with Gasteiger partial charge in [-0.2, -0.15) is 0 Å². The Morgan fingerprint density at radius 2 is 2.13 bits per heavy atom. The summed E-state index contributed by atoms with van der Waals surface area (Å²) < 4.78 is 0. The predicted molar refractivity (Wildman–Crippen MR) is 65.0 cm³/mol. The molecule has 0 saturated carbocycles. The summed E-state index contributed by atoms with van der Waals surface area (Å²) in [6.45, 7) is 2.78. The fraction of sp³-hybridized carbons (Fsp3) is 0.250. The van der Waals surface area contributed by atoms with Gasteiger partial charge in [0.05, 0.1) is 10.7 Å². The molecule has 2 N–H and O–H groups in total. The van der Waals surface area contributed by atoms with Crippen LogP contribution in [0.3, 0.4) is 0 Å². The Morgan fingerprint density at radius 1 is 1.33 bits per heavy atom. The van der Waals surface area contributed by atoms with Crippen LogP contribution in [0.15, 0.2) is 29.6 Å². The molecule has 0 bridgehead atoms. The molecule has 0 atom stereocenters. The van der Waals surface area contributed by atoms with Crippen molar-refractivity contribution >= 4 is 11.3 Å². The van der Waals surface area contributed by atoms with Crippen LogP contribution in [0.5, 0.6) is 0 Å². The molecule has 0 aliphatic heterocycles. The number of rotatable bonds is 3. The highest BCUT2D eigenvalue weighted by atomic mass is 32.1. The second-order valence-corrected chi connectivity index (χ2v) is 4.42. The molecule has 0 amide bonds. The summed E-state index contributed by atoms with van der Waals surface area (Å²) in [4.78, 5) is 4.57. The average Bonchev–Trinajstić information content (AvgIpc) is 2.68. The highest BCUT2D eigenvalue weighted by Crippen LogP contribution is 2.24. The Hall–Kier alpha value is -1.19. The van der Waals surface area contributed by atoms with Crippen molar-refractivity contribution < 1.29 is 0 Å². The summed E-state index contributed by atoms with van der Waals surface area (Å²) in [5.41, 5.74) is 9.06. The number of thiazole rings is 1. The zero-order chi connectivity index (χ0) is 10.7. The monoisotopic (exact) mass is 218 g/mol. The quantitative estimate of drug-likeness (QED) is 0.860. The minimum Gasteiger partial charge on any atom is -0.330 e. The first-order valence-electron chi connectivity index (χ1n) is 5.01. The molecule has 2 nitrogen and oxygen atoms in total. The van der Waals surface area contributed by atoms with Gasteiger partial charge in [0.2, 0.25) is 0 Å². The van der Waals surface area contributed by atoms with Crippen LogP contribution in [0.25, 0.3) is 11.3 Å². The maximum atomic E-state index is 5.51. The van der Waals surface area contributed by atoms with Gasteiger partial charge in [-0.25, -0.2) is 4.98 Å². The SMILES string of the molecule is Cc1ccccc1-c1csc(CCN)n1. The lowest BCUT2D eigenvalue weighted by atomic mass is 10.1. The van der Waals surface area contributed by atoms with E-state index in [2.05, 4.69) is 29.4 Å². The number of nitrogens with zero attached hydrogens (tertiary/aromatic N) is 1. The Morgan fingerprint density at radius 3 is 2.87 bits per heavy atom. The maximum absolute atomic E-state index is 5.51. The van der Waals surface area contributed by atoms with Crippen molar-refractivity contribution in [2.24, 2.45) is 5.73 Å². The van der Waals surface area contributed by atoms with Gasteiger partial charge < -0.3 is 5.73 Å². The molecule has 2 rings (SSSR count). The number of hydrogen-bond donors (Lipinski definition) is 1. The third-order valence-corrected chi connectivity index (χ3v) is 3.24. The molecule has 0 radical (unpaired) electrons. The van der Waals surface area contributed by atoms with Gasteiger partial charge in [-0.15, -0.1) is 11.3 Å². The molecule has 0 aliphatic rings. The second kappa shape index (κ2) is 4.55. The molecule has 0 spiro atoms. The van der Waals surface area contributed by atoms with Gasteiger partial charge in [0.25, 0.3) is 0 Å². The van der Waals surface area contributed by atoms with Gasteiger partial charge in [0.1, 0.15) is 0 Å². The van der Waals surface area contributed by atoms with E-state index in [9.17, 15) is 0 Å². The van der Waals surface area contributed by atoms with Crippen molar-refractivity contribution in [3.05, 3.63) is 40.2 Å². The summed E-state index contributed by atoms with van der Waals surface area (Å²) in [6.07, 6.45) is 0.872. The van der Waals surface area contributed by atoms with E-state index in [4.69, 9.17) is 5.73 Å². The number of aryl methyl sites for hydroxylation is 1. The molecular formula is C12H14N2S. The van der Waals surface area contributed by atoms with E-state index in [1.54, 1.807) is 11.3 Å². The molecular weight excluding hydrogens is 204 g/mol.